The molecule has 1 aromatic carbocycles. The monoisotopic (exact) mass is 252 g/mol. The molecule has 17 heavy (non-hydrogen) atoms. The summed E-state index contributed by atoms with van der Waals surface area (Å²) in [6, 6.07) is 7.79. The fourth-order valence-electron chi connectivity index (χ4n) is 1.36. The smallest absolute Gasteiger partial charge is 0.174 e. The number of ether oxygens (including phenoxy) is 1. The number of hydrogen-bond donors (Lipinski definition) is 1. The molecule has 0 unspecified atom stereocenters. The van der Waals surface area contributed by atoms with Gasteiger partial charge in [0.25, 0.3) is 0 Å². The average Bonchev–Trinajstić information content (AvgIpc) is 2.28. The highest BCUT2D eigenvalue weighted by molar-refractivity contribution is 6.32. The van der Waals surface area contributed by atoms with Crippen LogP contribution in [0, 0.1) is 5.82 Å². The zero-order valence-corrected chi connectivity index (χ0v) is 9.62. The Hall–Kier alpha value is -1.81. The topological polar surface area (TPSA) is 48.1 Å². The lowest BCUT2D eigenvalue weighted by molar-refractivity contribution is 0.290. The summed E-state index contributed by atoms with van der Waals surface area (Å²) in [5.74, 6) is -0.0465. The molecule has 5 heteroatoms. The number of hydrogen-bond acceptors (Lipinski definition) is 3. The van der Waals surface area contributed by atoms with Crippen LogP contribution in [0.1, 0.15) is 5.56 Å². The van der Waals surface area contributed by atoms with Crippen molar-refractivity contribution >= 4 is 17.4 Å². The largest absolute Gasteiger partial charge is 0.484 e. The van der Waals surface area contributed by atoms with E-state index in [1.54, 1.807) is 24.4 Å². The molecule has 0 aliphatic carbocycles. The van der Waals surface area contributed by atoms with Crippen molar-refractivity contribution in [3.05, 3.63) is 52.9 Å². The molecule has 0 saturated heterocycles. The van der Waals surface area contributed by atoms with E-state index in [4.69, 9.17) is 22.1 Å². The maximum atomic E-state index is 13.4. The normalized spacial score (nSPS) is 10.2. The predicted molar refractivity (Wildman–Crippen MR) is 64.4 cm³/mol. The second-order valence-electron chi connectivity index (χ2n) is 3.43. The van der Waals surface area contributed by atoms with Gasteiger partial charge in [-0.25, -0.2) is 9.37 Å². The number of nitrogens with zero attached hydrogens (tertiary/aromatic N) is 1. The van der Waals surface area contributed by atoms with Crippen LogP contribution in [0.2, 0.25) is 5.02 Å². The standard InChI is InChI=1S/C12H10ClFN2O/c13-9-2-1-3-10(14)12(9)17-7-8-4-5-16-11(15)6-8/h1-6H,7H2,(H2,15,16). The fraction of sp³-hybridized carbons (Fsp3) is 0.0833. The van der Waals surface area contributed by atoms with E-state index in [0.717, 1.165) is 5.56 Å². The Bertz CT molecular complexity index is 513. The highest BCUT2D eigenvalue weighted by atomic mass is 35.5. The summed E-state index contributed by atoms with van der Waals surface area (Å²) in [6.07, 6.45) is 1.57. The summed E-state index contributed by atoms with van der Waals surface area (Å²) in [5.41, 5.74) is 6.32. The lowest BCUT2D eigenvalue weighted by Crippen LogP contribution is -1.99. The third-order valence-electron chi connectivity index (χ3n) is 2.15. The molecule has 0 saturated carbocycles. The molecule has 0 amide bonds. The van der Waals surface area contributed by atoms with Gasteiger partial charge in [-0.2, -0.15) is 0 Å². The minimum Gasteiger partial charge on any atom is -0.484 e. The summed E-state index contributed by atoms with van der Waals surface area (Å²) in [7, 11) is 0. The van der Waals surface area contributed by atoms with Gasteiger partial charge in [0.15, 0.2) is 11.6 Å². The molecule has 1 aromatic heterocycles. The van der Waals surface area contributed by atoms with Crippen molar-refractivity contribution in [3.63, 3.8) is 0 Å². The van der Waals surface area contributed by atoms with Crippen LogP contribution < -0.4 is 10.5 Å². The molecule has 88 valence electrons. The number of para-hydroxylation sites is 1. The Labute approximate surface area is 103 Å². The number of pyridine rings is 1. The average molecular weight is 253 g/mol. The highest BCUT2D eigenvalue weighted by Gasteiger charge is 2.08. The highest BCUT2D eigenvalue weighted by Crippen LogP contribution is 2.27. The molecule has 3 nitrogen and oxygen atoms in total. The number of nitrogens with two attached hydrogens (primary N) is 1. The molecule has 0 spiro atoms. The van der Waals surface area contributed by atoms with Gasteiger partial charge < -0.3 is 10.5 Å². The van der Waals surface area contributed by atoms with Crippen molar-refractivity contribution in [2.24, 2.45) is 0 Å². The molecule has 2 N–H and O–H groups in total. The Morgan fingerprint density at radius 1 is 1.35 bits per heavy atom. The van der Waals surface area contributed by atoms with Crippen LogP contribution in [-0.4, -0.2) is 4.98 Å². The third-order valence-corrected chi connectivity index (χ3v) is 2.45. The second-order valence-corrected chi connectivity index (χ2v) is 3.84. The van der Waals surface area contributed by atoms with Crippen molar-refractivity contribution in [2.75, 3.05) is 5.73 Å². The first kappa shape index (κ1) is 11.7. The van der Waals surface area contributed by atoms with Gasteiger partial charge in [-0.3, -0.25) is 0 Å². The van der Waals surface area contributed by atoms with E-state index >= 15 is 0 Å². The SMILES string of the molecule is Nc1cc(COc2c(F)cccc2Cl)ccn1. The van der Waals surface area contributed by atoms with Crippen molar-refractivity contribution in [2.45, 2.75) is 6.61 Å². The van der Waals surface area contributed by atoms with Crippen LogP contribution in [0.25, 0.3) is 0 Å². The van der Waals surface area contributed by atoms with E-state index in [0.29, 0.717) is 5.82 Å². The Morgan fingerprint density at radius 3 is 2.88 bits per heavy atom. The van der Waals surface area contributed by atoms with E-state index in [1.165, 1.54) is 12.1 Å². The van der Waals surface area contributed by atoms with E-state index in [9.17, 15) is 4.39 Å². The number of halogens is 2. The van der Waals surface area contributed by atoms with Gasteiger partial charge in [0.2, 0.25) is 0 Å². The molecule has 0 aliphatic heterocycles. The first-order valence-corrected chi connectivity index (χ1v) is 5.32. The minimum absolute atomic E-state index is 0.0459. The number of aromatic nitrogens is 1. The van der Waals surface area contributed by atoms with E-state index < -0.39 is 5.82 Å². The molecule has 0 aliphatic rings. The number of benzene rings is 1. The first-order chi connectivity index (χ1) is 8.16. The predicted octanol–water partition coefficient (Wildman–Crippen LogP) is 3.04. The molecule has 2 aromatic rings. The Balaban J connectivity index is 2.13. The maximum absolute atomic E-state index is 13.4. The van der Waals surface area contributed by atoms with Crippen LogP contribution in [0.3, 0.4) is 0 Å². The molecule has 0 radical (unpaired) electrons. The molecule has 0 bridgehead atoms. The van der Waals surface area contributed by atoms with Crippen LogP contribution in [0.5, 0.6) is 5.75 Å². The minimum atomic E-state index is -0.487. The summed E-state index contributed by atoms with van der Waals surface area (Å²) >= 11 is 5.82. The number of nitrogen functional groups attached to an aromatic ring is 1. The second kappa shape index (κ2) is 5.01. The Morgan fingerprint density at radius 2 is 2.18 bits per heavy atom. The van der Waals surface area contributed by atoms with E-state index in [2.05, 4.69) is 4.98 Å². The van der Waals surface area contributed by atoms with Crippen LogP contribution in [0.4, 0.5) is 10.2 Å². The molecule has 2 rings (SSSR count). The molecule has 0 fully saturated rings. The van der Waals surface area contributed by atoms with Crippen molar-refractivity contribution in [1.82, 2.24) is 4.98 Å². The van der Waals surface area contributed by atoms with E-state index in [-0.39, 0.29) is 17.4 Å². The summed E-state index contributed by atoms with van der Waals surface area (Å²) in [5, 5.41) is 0.243. The zero-order valence-electron chi connectivity index (χ0n) is 8.86. The Kier molecular flexibility index (Phi) is 3.44. The van der Waals surface area contributed by atoms with Crippen LogP contribution >= 0.6 is 11.6 Å². The van der Waals surface area contributed by atoms with Crippen molar-refractivity contribution in [3.8, 4) is 5.75 Å². The summed E-state index contributed by atoms with van der Waals surface area (Å²) < 4.78 is 18.7. The number of anilines is 1. The van der Waals surface area contributed by atoms with Crippen LogP contribution in [0.15, 0.2) is 36.5 Å². The summed E-state index contributed by atoms with van der Waals surface area (Å²) in [6.45, 7) is 0.188. The molecule has 1 heterocycles. The zero-order chi connectivity index (χ0) is 12.3. The van der Waals surface area contributed by atoms with Gasteiger partial charge in [0.1, 0.15) is 12.4 Å². The van der Waals surface area contributed by atoms with Crippen molar-refractivity contribution in [1.29, 1.82) is 0 Å². The fourth-order valence-corrected chi connectivity index (χ4v) is 1.58. The van der Waals surface area contributed by atoms with Gasteiger partial charge in [-0.15, -0.1) is 0 Å². The van der Waals surface area contributed by atoms with Gasteiger partial charge >= 0.3 is 0 Å². The lowest BCUT2D eigenvalue weighted by atomic mass is 10.3. The molecule has 0 atom stereocenters. The van der Waals surface area contributed by atoms with Gasteiger partial charge in [-0.1, -0.05) is 17.7 Å². The third kappa shape index (κ3) is 2.85. The molecular formula is C12H10ClFN2O. The van der Waals surface area contributed by atoms with Crippen LogP contribution in [-0.2, 0) is 6.61 Å². The lowest BCUT2D eigenvalue weighted by Gasteiger charge is -2.08. The van der Waals surface area contributed by atoms with Gasteiger partial charge in [0, 0.05) is 6.20 Å². The van der Waals surface area contributed by atoms with Crippen molar-refractivity contribution < 1.29 is 9.13 Å². The first-order valence-electron chi connectivity index (χ1n) is 4.94. The molecular weight excluding hydrogens is 243 g/mol. The number of rotatable bonds is 3. The maximum Gasteiger partial charge on any atom is 0.174 e. The van der Waals surface area contributed by atoms with Gasteiger partial charge in [-0.05, 0) is 29.8 Å². The van der Waals surface area contributed by atoms with E-state index in [1.807, 2.05) is 0 Å². The summed E-state index contributed by atoms with van der Waals surface area (Å²) in [4.78, 5) is 3.85. The van der Waals surface area contributed by atoms with Gasteiger partial charge in [0.05, 0.1) is 5.02 Å². The quantitative estimate of drug-likeness (QED) is 0.913.